The van der Waals surface area contributed by atoms with E-state index in [0.29, 0.717) is 5.02 Å². The quantitative estimate of drug-likeness (QED) is 0.526. The highest BCUT2D eigenvalue weighted by Gasteiger charge is 2.18. The zero-order valence-electron chi connectivity index (χ0n) is 13.6. The number of carbonyl (C=O) groups excluding carboxylic acids is 1. The van der Waals surface area contributed by atoms with Gasteiger partial charge in [0, 0.05) is 15.7 Å². The number of esters is 1. The minimum atomic E-state index is -0.471. The molecule has 0 fully saturated rings. The molecule has 0 heterocycles. The molecule has 0 aliphatic heterocycles. The van der Waals surface area contributed by atoms with Crippen LogP contribution < -0.4 is 0 Å². The summed E-state index contributed by atoms with van der Waals surface area (Å²) < 4.78 is 5.41. The second-order valence-corrected chi connectivity index (χ2v) is 7.74. The van der Waals surface area contributed by atoms with Crippen molar-refractivity contribution in [2.24, 2.45) is 0 Å². The molecule has 2 nitrogen and oxygen atoms in total. The largest absolute Gasteiger partial charge is 0.460 e. The summed E-state index contributed by atoms with van der Waals surface area (Å²) in [5.74, 6) is 0.615. The number of hydrogen-bond acceptors (Lipinski definition) is 3. The van der Waals surface area contributed by atoms with E-state index in [-0.39, 0.29) is 12.4 Å². The van der Waals surface area contributed by atoms with Gasteiger partial charge in [0.2, 0.25) is 0 Å². The molecule has 2 aromatic rings. The Labute approximate surface area is 147 Å². The molecule has 4 heteroatoms. The van der Waals surface area contributed by atoms with Crippen LogP contribution in [0.4, 0.5) is 0 Å². The van der Waals surface area contributed by atoms with Crippen LogP contribution in [0.2, 0.25) is 5.02 Å². The summed E-state index contributed by atoms with van der Waals surface area (Å²) in [5, 5.41) is 0.675. The summed E-state index contributed by atoms with van der Waals surface area (Å²) in [6.45, 7) is 5.62. The molecule has 0 atom stereocenters. The summed E-state index contributed by atoms with van der Waals surface area (Å²) in [7, 11) is 0. The Balaban J connectivity index is 2.09. The number of ether oxygens (including phenoxy) is 1. The average Bonchev–Trinajstić information content (AvgIpc) is 2.46. The van der Waals surface area contributed by atoms with E-state index in [1.54, 1.807) is 11.8 Å². The molecule has 0 unspecified atom stereocenters. The number of thioether (sulfide) groups is 1. The molecule has 0 radical (unpaired) electrons. The normalized spacial score (nSPS) is 11.3. The zero-order chi connectivity index (χ0) is 16.9. The maximum atomic E-state index is 12.1. The van der Waals surface area contributed by atoms with E-state index in [9.17, 15) is 4.79 Å². The monoisotopic (exact) mass is 348 g/mol. The molecule has 0 bridgehead atoms. The highest BCUT2D eigenvalue weighted by atomic mass is 35.5. The van der Waals surface area contributed by atoms with Crippen LogP contribution in [-0.4, -0.2) is 11.6 Å². The first-order valence-corrected chi connectivity index (χ1v) is 8.87. The SMILES string of the molecule is CC(C)(C)OC(=O)Cc1ccc(Cl)cc1SCc1ccccc1. The van der Waals surface area contributed by atoms with Gasteiger partial charge < -0.3 is 4.74 Å². The molecule has 0 aromatic heterocycles. The number of hydrogen-bond donors (Lipinski definition) is 0. The van der Waals surface area contributed by atoms with Crippen LogP contribution in [0.1, 0.15) is 31.9 Å². The van der Waals surface area contributed by atoms with Gasteiger partial charge in [0.05, 0.1) is 6.42 Å². The van der Waals surface area contributed by atoms with Crippen molar-refractivity contribution in [3.8, 4) is 0 Å². The molecule has 0 aliphatic rings. The lowest BCUT2D eigenvalue weighted by atomic mass is 10.1. The van der Waals surface area contributed by atoms with Gasteiger partial charge in [-0.25, -0.2) is 0 Å². The van der Waals surface area contributed by atoms with Gasteiger partial charge >= 0.3 is 5.97 Å². The minimum Gasteiger partial charge on any atom is -0.460 e. The number of rotatable bonds is 5. The summed E-state index contributed by atoms with van der Waals surface area (Å²) in [4.78, 5) is 13.1. The summed E-state index contributed by atoms with van der Waals surface area (Å²) in [6.07, 6.45) is 0.256. The molecule has 0 saturated heterocycles. The topological polar surface area (TPSA) is 26.3 Å². The Bertz CT molecular complexity index is 663. The summed E-state index contributed by atoms with van der Waals surface area (Å²) >= 11 is 7.79. The number of halogens is 1. The second-order valence-electron chi connectivity index (χ2n) is 6.29. The van der Waals surface area contributed by atoms with Gasteiger partial charge in [0.15, 0.2) is 0 Å². The van der Waals surface area contributed by atoms with Gasteiger partial charge in [-0.1, -0.05) is 48.0 Å². The Morgan fingerprint density at radius 1 is 1.13 bits per heavy atom. The molecule has 0 spiro atoms. The van der Waals surface area contributed by atoms with Crippen molar-refractivity contribution in [3.63, 3.8) is 0 Å². The van der Waals surface area contributed by atoms with E-state index in [2.05, 4.69) is 12.1 Å². The van der Waals surface area contributed by atoms with Gasteiger partial charge in [0.25, 0.3) is 0 Å². The maximum Gasteiger partial charge on any atom is 0.310 e. The summed E-state index contributed by atoms with van der Waals surface area (Å²) in [5.41, 5.74) is 1.71. The molecule has 122 valence electrons. The maximum absolute atomic E-state index is 12.1. The predicted octanol–water partition coefficient (Wildman–Crippen LogP) is 5.52. The number of benzene rings is 2. The van der Waals surface area contributed by atoms with E-state index in [0.717, 1.165) is 16.2 Å². The van der Waals surface area contributed by atoms with Crippen molar-refractivity contribution in [2.45, 2.75) is 43.4 Å². The predicted molar refractivity (Wildman–Crippen MR) is 97.0 cm³/mol. The van der Waals surface area contributed by atoms with Crippen molar-refractivity contribution < 1.29 is 9.53 Å². The molecule has 0 aliphatic carbocycles. The first-order valence-electron chi connectivity index (χ1n) is 7.50. The zero-order valence-corrected chi connectivity index (χ0v) is 15.2. The van der Waals surface area contributed by atoms with E-state index in [1.807, 2.05) is 57.2 Å². The lowest BCUT2D eigenvalue weighted by molar-refractivity contribution is -0.153. The van der Waals surface area contributed by atoms with Crippen molar-refractivity contribution in [2.75, 3.05) is 0 Å². The molecular weight excluding hydrogens is 328 g/mol. The third kappa shape index (κ3) is 6.28. The van der Waals surface area contributed by atoms with Crippen molar-refractivity contribution in [3.05, 3.63) is 64.7 Å². The molecule has 2 aromatic carbocycles. The fourth-order valence-corrected chi connectivity index (χ4v) is 3.36. The van der Waals surface area contributed by atoms with Crippen LogP contribution in [0, 0.1) is 0 Å². The molecular formula is C19H21ClO2S. The average molecular weight is 349 g/mol. The first-order chi connectivity index (χ1) is 10.8. The van der Waals surface area contributed by atoms with Crippen molar-refractivity contribution >= 4 is 29.3 Å². The van der Waals surface area contributed by atoms with Crippen molar-refractivity contribution in [1.82, 2.24) is 0 Å². The summed E-state index contributed by atoms with van der Waals surface area (Å²) in [6, 6.07) is 15.9. The highest BCUT2D eigenvalue weighted by molar-refractivity contribution is 7.98. The van der Waals surface area contributed by atoms with Gasteiger partial charge in [-0.15, -0.1) is 11.8 Å². The molecule has 2 rings (SSSR count). The van der Waals surface area contributed by atoms with Crippen LogP contribution in [0.25, 0.3) is 0 Å². The molecule has 0 saturated carbocycles. The third-order valence-electron chi connectivity index (χ3n) is 3.02. The third-order valence-corrected chi connectivity index (χ3v) is 4.42. The molecule has 0 amide bonds. The van der Waals surface area contributed by atoms with Gasteiger partial charge in [-0.3, -0.25) is 4.79 Å². The second kappa shape index (κ2) is 7.89. The standard InChI is InChI=1S/C19H21ClO2S/c1-19(2,3)22-18(21)11-15-9-10-16(20)12-17(15)23-13-14-7-5-4-6-8-14/h4-10,12H,11,13H2,1-3H3. The van der Waals surface area contributed by atoms with Crippen molar-refractivity contribution in [1.29, 1.82) is 0 Å². The number of carbonyl (C=O) groups is 1. The van der Waals surface area contributed by atoms with Crippen LogP contribution >= 0.6 is 23.4 Å². The Hall–Kier alpha value is -1.45. The van der Waals surface area contributed by atoms with E-state index >= 15 is 0 Å². The van der Waals surface area contributed by atoms with E-state index < -0.39 is 5.60 Å². The lowest BCUT2D eigenvalue weighted by Crippen LogP contribution is -2.25. The van der Waals surface area contributed by atoms with E-state index in [1.165, 1.54) is 5.56 Å². The Kier molecular flexibility index (Phi) is 6.14. The van der Waals surface area contributed by atoms with Gasteiger partial charge in [-0.05, 0) is 44.0 Å². The Morgan fingerprint density at radius 3 is 2.48 bits per heavy atom. The highest BCUT2D eigenvalue weighted by Crippen LogP contribution is 2.30. The van der Waals surface area contributed by atoms with Crippen LogP contribution in [0.3, 0.4) is 0 Å². The lowest BCUT2D eigenvalue weighted by Gasteiger charge is -2.20. The van der Waals surface area contributed by atoms with Crippen LogP contribution in [-0.2, 0) is 21.7 Å². The molecule has 23 heavy (non-hydrogen) atoms. The van der Waals surface area contributed by atoms with Gasteiger partial charge in [0.1, 0.15) is 5.60 Å². The smallest absolute Gasteiger partial charge is 0.310 e. The van der Waals surface area contributed by atoms with Crippen LogP contribution in [0.5, 0.6) is 0 Å². The first kappa shape index (κ1) is 17.9. The Morgan fingerprint density at radius 2 is 1.83 bits per heavy atom. The van der Waals surface area contributed by atoms with E-state index in [4.69, 9.17) is 16.3 Å². The molecule has 0 N–H and O–H groups in total. The van der Waals surface area contributed by atoms with Crippen LogP contribution in [0.15, 0.2) is 53.4 Å². The van der Waals surface area contributed by atoms with Gasteiger partial charge in [-0.2, -0.15) is 0 Å². The fraction of sp³-hybridized carbons (Fsp3) is 0.316. The fourth-order valence-electron chi connectivity index (χ4n) is 2.08. The minimum absolute atomic E-state index is 0.221.